The van der Waals surface area contributed by atoms with Crippen molar-refractivity contribution in [3.05, 3.63) is 48.3 Å². The fourth-order valence-corrected chi connectivity index (χ4v) is 4.29. The predicted octanol–water partition coefficient (Wildman–Crippen LogP) is 4.63. The van der Waals surface area contributed by atoms with Gasteiger partial charge < -0.3 is 15.0 Å². The number of nitrogens with one attached hydrogen (secondary N) is 1. The van der Waals surface area contributed by atoms with Crippen molar-refractivity contribution < 1.29 is 4.74 Å². The van der Waals surface area contributed by atoms with Crippen LogP contribution in [-0.2, 0) is 6.54 Å². The minimum atomic E-state index is 0. The summed E-state index contributed by atoms with van der Waals surface area (Å²) < 4.78 is 8.27. The van der Waals surface area contributed by atoms with Gasteiger partial charge in [-0.25, -0.2) is 4.99 Å². The topological polar surface area (TPSA) is 54.7 Å². The van der Waals surface area contributed by atoms with Gasteiger partial charge in [-0.2, -0.15) is 5.10 Å². The number of hydrogen-bond acceptors (Lipinski definition) is 3. The quantitative estimate of drug-likeness (QED) is 0.341. The van der Waals surface area contributed by atoms with Crippen LogP contribution in [0.1, 0.15) is 57.2 Å². The summed E-state index contributed by atoms with van der Waals surface area (Å²) in [6.45, 7) is 5.54. The Balaban J connectivity index is 0.00000256. The lowest BCUT2D eigenvalue weighted by Crippen LogP contribution is -2.47. The maximum atomic E-state index is 6.12. The Morgan fingerprint density at radius 3 is 2.53 bits per heavy atom. The molecule has 2 aliphatic rings. The van der Waals surface area contributed by atoms with E-state index in [-0.39, 0.29) is 30.1 Å². The van der Waals surface area contributed by atoms with Crippen molar-refractivity contribution in [2.24, 2.45) is 4.99 Å². The molecule has 1 aliphatic carbocycles. The molecule has 1 N–H and O–H groups in total. The van der Waals surface area contributed by atoms with Crippen LogP contribution in [-0.4, -0.2) is 46.4 Å². The molecule has 0 amide bonds. The van der Waals surface area contributed by atoms with Crippen molar-refractivity contribution in [3.63, 3.8) is 0 Å². The summed E-state index contributed by atoms with van der Waals surface area (Å²) in [4.78, 5) is 7.22. The fraction of sp³-hybridized carbons (Fsp3) is 0.565. The predicted molar refractivity (Wildman–Crippen MR) is 132 cm³/mol. The summed E-state index contributed by atoms with van der Waals surface area (Å²) in [5.41, 5.74) is 1.05. The van der Waals surface area contributed by atoms with E-state index in [2.05, 4.69) is 34.1 Å². The van der Waals surface area contributed by atoms with Crippen molar-refractivity contribution in [3.8, 4) is 5.75 Å². The molecule has 4 rings (SSSR count). The summed E-state index contributed by atoms with van der Waals surface area (Å²) in [5, 5.41) is 8.22. The highest BCUT2D eigenvalue weighted by molar-refractivity contribution is 14.0. The van der Waals surface area contributed by atoms with E-state index in [1.807, 2.05) is 30.3 Å². The Kier molecular flexibility index (Phi) is 8.84. The van der Waals surface area contributed by atoms with Gasteiger partial charge in [0, 0.05) is 38.7 Å². The molecule has 1 aromatic carbocycles. The van der Waals surface area contributed by atoms with Crippen molar-refractivity contribution >= 4 is 29.9 Å². The summed E-state index contributed by atoms with van der Waals surface area (Å²) in [5.74, 6) is 1.95. The maximum absolute atomic E-state index is 6.12. The molecule has 0 atom stereocenters. The molecule has 1 aliphatic heterocycles. The zero-order valence-electron chi connectivity index (χ0n) is 17.9. The smallest absolute Gasteiger partial charge is 0.194 e. The van der Waals surface area contributed by atoms with Crippen LogP contribution in [0.15, 0.2) is 47.6 Å². The highest BCUT2D eigenvalue weighted by atomic mass is 127. The van der Waals surface area contributed by atoms with Gasteiger partial charge in [-0.1, -0.05) is 31.0 Å². The standard InChI is InChI=1S/C23H33N5O.HI/c1-2-24-23(25-18-19-12-17-28(26-19)20-8-6-7-9-20)27-15-13-22(14-16-27)29-21-10-4-3-5-11-21;/h3-5,10-12,17,20,22H,2,6-9,13-16,18H2,1H3,(H,24,25);1H. The van der Waals surface area contributed by atoms with Crippen molar-refractivity contribution in [1.29, 1.82) is 0 Å². The number of likely N-dealkylation sites (tertiary alicyclic amines) is 1. The molecule has 7 heteroatoms. The molecule has 0 unspecified atom stereocenters. The van der Waals surface area contributed by atoms with E-state index in [0.717, 1.165) is 49.9 Å². The molecule has 1 saturated carbocycles. The average molecular weight is 523 g/mol. The van der Waals surface area contributed by atoms with Gasteiger partial charge in [-0.15, -0.1) is 24.0 Å². The Morgan fingerprint density at radius 1 is 1.10 bits per heavy atom. The number of aromatic nitrogens is 2. The first-order chi connectivity index (χ1) is 14.3. The van der Waals surface area contributed by atoms with E-state index in [9.17, 15) is 0 Å². The van der Waals surface area contributed by atoms with Gasteiger partial charge in [-0.3, -0.25) is 4.68 Å². The first-order valence-electron chi connectivity index (χ1n) is 11.1. The van der Waals surface area contributed by atoms with Gasteiger partial charge >= 0.3 is 0 Å². The summed E-state index contributed by atoms with van der Waals surface area (Å²) in [6, 6.07) is 12.8. The molecule has 164 valence electrons. The number of rotatable bonds is 6. The number of halogens is 1. The monoisotopic (exact) mass is 523 g/mol. The number of benzene rings is 1. The zero-order valence-corrected chi connectivity index (χ0v) is 20.2. The van der Waals surface area contributed by atoms with Gasteiger partial charge in [0.25, 0.3) is 0 Å². The Morgan fingerprint density at radius 2 is 1.83 bits per heavy atom. The molecule has 0 spiro atoms. The molecular weight excluding hydrogens is 489 g/mol. The van der Waals surface area contributed by atoms with Crippen LogP contribution in [0.25, 0.3) is 0 Å². The minimum absolute atomic E-state index is 0. The van der Waals surface area contributed by atoms with Gasteiger partial charge in [-0.05, 0) is 38.0 Å². The number of hydrogen-bond donors (Lipinski definition) is 1. The number of aliphatic imine (C=N–C) groups is 1. The zero-order chi connectivity index (χ0) is 19.9. The normalized spacial score (nSPS) is 18.3. The van der Waals surface area contributed by atoms with E-state index in [0.29, 0.717) is 12.6 Å². The van der Waals surface area contributed by atoms with E-state index in [4.69, 9.17) is 14.8 Å². The van der Waals surface area contributed by atoms with Crippen LogP contribution in [0, 0.1) is 0 Å². The lowest BCUT2D eigenvalue weighted by Gasteiger charge is -2.34. The van der Waals surface area contributed by atoms with Gasteiger partial charge in [0.05, 0.1) is 18.3 Å². The fourth-order valence-electron chi connectivity index (χ4n) is 4.29. The van der Waals surface area contributed by atoms with Crippen LogP contribution in [0.2, 0.25) is 0 Å². The van der Waals surface area contributed by atoms with Crippen LogP contribution in [0.3, 0.4) is 0 Å². The Hall–Kier alpha value is -1.77. The highest BCUT2D eigenvalue weighted by Crippen LogP contribution is 2.28. The van der Waals surface area contributed by atoms with Gasteiger partial charge in [0.1, 0.15) is 11.9 Å². The van der Waals surface area contributed by atoms with E-state index in [1.54, 1.807) is 0 Å². The lowest BCUT2D eigenvalue weighted by molar-refractivity contribution is 0.129. The van der Waals surface area contributed by atoms with Crippen molar-refractivity contribution in [2.75, 3.05) is 19.6 Å². The van der Waals surface area contributed by atoms with E-state index in [1.165, 1.54) is 25.7 Å². The summed E-state index contributed by atoms with van der Waals surface area (Å²) in [7, 11) is 0. The number of nitrogens with zero attached hydrogens (tertiary/aromatic N) is 4. The molecule has 0 bridgehead atoms. The number of guanidine groups is 1. The largest absolute Gasteiger partial charge is 0.490 e. The SMILES string of the molecule is CCNC(=NCc1ccn(C2CCCC2)n1)N1CCC(Oc2ccccc2)CC1.I. The van der Waals surface area contributed by atoms with E-state index < -0.39 is 0 Å². The average Bonchev–Trinajstić information content (AvgIpc) is 3.44. The van der Waals surface area contributed by atoms with Crippen LogP contribution in [0.4, 0.5) is 0 Å². The summed E-state index contributed by atoms with van der Waals surface area (Å²) >= 11 is 0. The third-order valence-corrected chi connectivity index (χ3v) is 5.88. The minimum Gasteiger partial charge on any atom is -0.490 e. The Labute approximate surface area is 197 Å². The molecule has 30 heavy (non-hydrogen) atoms. The lowest BCUT2D eigenvalue weighted by atomic mass is 10.1. The van der Waals surface area contributed by atoms with E-state index >= 15 is 0 Å². The first kappa shape index (κ1) is 22.9. The second-order valence-corrected chi connectivity index (χ2v) is 8.01. The molecule has 2 heterocycles. The molecule has 6 nitrogen and oxygen atoms in total. The van der Waals surface area contributed by atoms with Crippen molar-refractivity contribution in [1.82, 2.24) is 20.0 Å². The molecule has 2 fully saturated rings. The number of para-hydroxylation sites is 1. The summed E-state index contributed by atoms with van der Waals surface area (Å²) in [6.07, 6.45) is 9.59. The van der Waals surface area contributed by atoms with Crippen LogP contribution < -0.4 is 10.1 Å². The van der Waals surface area contributed by atoms with Gasteiger partial charge in [0.2, 0.25) is 0 Å². The third-order valence-electron chi connectivity index (χ3n) is 5.88. The second-order valence-electron chi connectivity index (χ2n) is 8.01. The highest BCUT2D eigenvalue weighted by Gasteiger charge is 2.23. The maximum Gasteiger partial charge on any atom is 0.194 e. The van der Waals surface area contributed by atoms with Crippen LogP contribution in [0.5, 0.6) is 5.75 Å². The number of piperidine rings is 1. The van der Waals surface area contributed by atoms with Crippen LogP contribution >= 0.6 is 24.0 Å². The van der Waals surface area contributed by atoms with Crippen molar-refractivity contribution in [2.45, 2.75) is 64.1 Å². The second kappa shape index (κ2) is 11.6. The number of ether oxygens (including phenoxy) is 1. The molecule has 0 radical (unpaired) electrons. The van der Waals surface area contributed by atoms with Gasteiger partial charge in [0.15, 0.2) is 5.96 Å². The molecule has 2 aromatic rings. The molecule has 1 saturated heterocycles. The molecule has 1 aromatic heterocycles. The first-order valence-corrected chi connectivity index (χ1v) is 11.1. The third kappa shape index (κ3) is 6.12. The molecular formula is C23H34IN5O. The Bertz CT molecular complexity index is 780.